The number of carbonyl (C=O) groups excluding carboxylic acids is 3. The van der Waals surface area contributed by atoms with E-state index >= 15 is 0 Å². The molecule has 1 aromatic heterocycles. The predicted octanol–water partition coefficient (Wildman–Crippen LogP) is 3.57. The van der Waals surface area contributed by atoms with E-state index < -0.39 is 41.1 Å². The number of alkyl halides is 1. The first kappa shape index (κ1) is 27.7. The summed E-state index contributed by atoms with van der Waals surface area (Å²) in [5, 5.41) is 16.1. The van der Waals surface area contributed by atoms with E-state index in [1.165, 1.54) is 4.90 Å². The van der Waals surface area contributed by atoms with Crippen LogP contribution in [0.15, 0.2) is 23.7 Å². The van der Waals surface area contributed by atoms with Crippen LogP contribution in [-0.2, 0) is 20.9 Å². The highest BCUT2D eigenvalue weighted by Gasteiger charge is 2.58. The number of nitrogens with zero attached hydrogens (tertiary/aromatic N) is 2. The van der Waals surface area contributed by atoms with Gasteiger partial charge in [-0.05, 0) is 68.1 Å². The van der Waals surface area contributed by atoms with Crippen LogP contribution in [0, 0.1) is 19.3 Å². The molecule has 210 valence electrons. The van der Waals surface area contributed by atoms with Crippen molar-refractivity contribution < 1.29 is 23.9 Å². The summed E-state index contributed by atoms with van der Waals surface area (Å²) >= 11 is 1.59. The minimum atomic E-state index is -1.89. The van der Waals surface area contributed by atoms with Crippen molar-refractivity contribution in [1.82, 2.24) is 20.5 Å². The zero-order valence-corrected chi connectivity index (χ0v) is 23.6. The summed E-state index contributed by atoms with van der Waals surface area (Å²) in [5.74, 6) is -1.50. The van der Waals surface area contributed by atoms with Crippen LogP contribution in [0.4, 0.5) is 4.39 Å². The molecule has 1 aromatic carbocycles. The van der Waals surface area contributed by atoms with E-state index in [1.807, 2.05) is 38.4 Å². The number of aromatic nitrogens is 1. The maximum Gasteiger partial charge on any atom is 0.258 e. The van der Waals surface area contributed by atoms with Gasteiger partial charge >= 0.3 is 0 Å². The number of hydrogen-bond donors (Lipinski definition) is 3. The lowest BCUT2D eigenvalue weighted by Gasteiger charge is -2.33. The Kier molecular flexibility index (Phi) is 7.54. The summed E-state index contributed by atoms with van der Waals surface area (Å²) in [7, 11) is 0. The molecule has 3 aliphatic rings. The van der Waals surface area contributed by atoms with Crippen molar-refractivity contribution >= 4 is 29.1 Å². The monoisotopic (exact) mass is 556 g/mol. The van der Waals surface area contributed by atoms with Gasteiger partial charge in [0.2, 0.25) is 11.8 Å². The van der Waals surface area contributed by atoms with E-state index in [2.05, 4.69) is 21.7 Å². The molecular formula is C29H37FN4O4S. The molecule has 2 aromatic rings. The number of aryl methyl sites for hydroxylation is 2. The Bertz CT molecular complexity index is 1270. The Hall–Kier alpha value is -2.85. The highest BCUT2D eigenvalue weighted by Crippen LogP contribution is 2.53. The van der Waals surface area contributed by atoms with Gasteiger partial charge in [-0.25, -0.2) is 9.37 Å². The summed E-state index contributed by atoms with van der Waals surface area (Å²) in [6.07, 6.45) is 2.69. The SMILES string of the molecule is CCCC1(C(NC(=O)C2(F)CC2)C(=O)N2CC(O)CC2C(=O)NCc2ccc(-c3scnc3C)cc2C)CC1. The first-order valence-corrected chi connectivity index (χ1v) is 14.7. The lowest BCUT2D eigenvalue weighted by atomic mass is 9.89. The quantitative estimate of drug-likeness (QED) is 0.414. The second kappa shape index (κ2) is 10.6. The maximum absolute atomic E-state index is 14.5. The Labute approximate surface area is 232 Å². The molecule has 0 radical (unpaired) electrons. The maximum atomic E-state index is 14.5. The fourth-order valence-corrected chi connectivity index (χ4v) is 6.60. The number of aliphatic hydroxyl groups is 1. The van der Waals surface area contributed by atoms with Crippen LogP contribution in [0.3, 0.4) is 0 Å². The Morgan fingerprint density at radius 3 is 2.56 bits per heavy atom. The third-order valence-electron chi connectivity index (χ3n) is 8.54. The first-order chi connectivity index (χ1) is 18.6. The molecule has 3 atom stereocenters. The van der Waals surface area contributed by atoms with Crippen LogP contribution in [0.25, 0.3) is 10.4 Å². The average molecular weight is 557 g/mol. The Morgan fingerprint density at radius 2 is 1.97 bits per heavy atom. The van der Waals surface area contributed by atoms with Crippen molar-refractivity contribution in [2.24, 2.45) is 5.41 Å². The lowest BCUT2D eigenvalue weighted by Crippen LogP contribution is -2.58. The topological polar surface area (TPSA) is 112 Å². The Morgan fingerprint density at radius 1 is 1.23 bits per heavy atom. The molecule has 1 aliphatic heterocycles. The van der Waals surface area contributed by atoms with E-state index in [9.17, 15) is 23.9 Å². The number of nitrogens with one attached hydrogen (secondary N) is 2. The highest BCUT2D eigenvalue weighted by molar-refractivity contribution is 7.13. The second-order valence-electron chi connectivity index (χ2n) is 11.5. The van der Waals surface area contributed by atoms with Gasteiger partial charge in [-0.1, -0.05) is 31.5 Å². The van der Waals surface area contributed by atoms with Gasteiger partial charge in [0.15, 0.2) is 5.67 Å². The van der Waals surface area contributed by atoms with E-state index in [4.69, 9.17) is 0 Å². The summed E-state index contributed by atoms with van der Waals surface area (Å²) in [6, 6.07) is 4.31. The molecule has 3 amide bonds. The number of halogens is 1. The molecule has 3 N–H and O–H groups in total. The van der Waals surface area contributed by atoms with Crippen LogP contribution >= 0.6 is 11.3 Å². The number of carbonyl (C=O) groups is 3. The van der Waals surface area contributed by atoms with Gasteiger partial charge < -0.3 is 20.6 Å². The molecule has 2 heterocycles. The molecule has 8 nitrogen and oxygen atoms in total. The molecular weight excluding hydrogens is 519 g/mol. The third-order valence-corrected chi connectivity index (χ3v) is 9.52. The molecule has 0 bridgehead atoms. The molecule has 3 unspecified atom stereocenters. The van der Waals surface area contributed by atoms with Crippen molar-refractivity contribution in [2.45, 2.75) is 96.1 Å². The molecule has 3 fully saturated rings. The van der Waals surface area contributed by atoms with Gasteiger partial charge in [-0.2, -0.15) is 0 Å². The van der Waals surface area contributed by atoms with E-state index in [1.54, 1.807) is 11.3 Å². The third kappa shape index (κ3) is 5.59. The number of likely N-dealkylation sites (tertiary alicyclic amines) is 1. The molecule has 0 spiro atoms. The summed E-state index contributed by atoms with van der Waals surface area (Å²) in [4.78, 5) is 46.6. The zero-order chi connectivity index (χ0) is 27.9. The fraction of sp³-hybridized carbons (Fsp3) is 0.586. The predicted molar refractivity (Wildman–Crippen MR) is 147 cm³/mol. The van der Waals surface area contributed by atoms with Crippen LogP contribution in [0.2, 0.25) is 0 Å². The van der Waals surface area contributed by atoms with Crippen LogP contribution < -0.4 is 10.6 Å². The number of hydrogen-bond acceptors (Lipinski definition) is 6. The first-order valence-electron chi connectivity index (χ1n) is 13.8. The molecule has 10 heteroatoms. The van der Waals surface area contributed by atoms with E-state index in [0.717, 1.165) is 52.9 Å². The van der Waals surface area contributed by atoms with Gasteiger partial charge in [0.1, 0.15) is 12.1 Å². The smallest absolute Gasteiger partial charge is 0.258 e. The van der Waals surface area contributed by atoms with Crippen molar-refractivity contribution in [2.75, 3.05) is 6.54 Å². The average Bonchev–Trinajstić information content (AvgIpc) is 3.76. The van der Waals surface area contributed by atoms with Gasteiger partial charge in [0.05, 0.1) is 22.2 Å². The molecule has 1 saturated heterocycles. The number of β-amino-alcohol motifs (C(OH)–C–C–N with tert-alkyl or cyclic N) is 1. The van der Waals surface area contributed by atoms with E-state index in [-0.39, 0.29) is 38.3 Å². The van der Waals surface area contributed by atoms with Crippen LogP contribution in [0.5, 0.6) is 0 Å². The molecule has 39 heavy (non-hydrogen) atoms. The zero-order valence-electron chi connectivity index (χ0n) is 22.8. The van der Waals surface area contributed by atoms with Crippen molar-refractivity contribution in [3.8, 4) is 10.4 Å². The minimum Gasteiger partial charge on any atom is -0.391 e. The number of thiazole rings is 1. The van der Waals surface area contributed by atoms with Crippen LogP contribution in [-0.4, -0.2) is 63.1 Å². The van der Waals surface area contributed by atoms with E-state index in [0.29, 0.717) is 0 Å². The molecule has 2 aliphatic carbocycles. The number of benzene rings is 1. The van der Waals surface area contributed by atoms with Gasteiger partial charge in [0, 0.05) is 19.5 Å². The normalized spacial score (nSPS) is 23.3. The molecule has 5 rings (SSSR count). The van der Waals surface area contributed by atoms with Gasteiger partial charge in [-0.3, -0.25) is 14.4 Å². The summed E-state index contributed by atoms with van der Waals surface area (Å²) in [5.41, 5.74) is 3.54. The van der Waals surface area contributed by atoms with Crippen LogP contribution in [0.1, 0.15) is 68.7 Å². The van der Waals surface area contributed by atoms with Crippen molar-refractivity contribution in [3.63, 3.8) is 0 Å². The van der Waals surface area contributed by atoms with Crippen molar-refractivity contribution in [3.05, 3.63) is 40.5 Å². The lowest BCUT2D eigenvalue weighted by molar-refractivity contribution is -0.144. The van der Waals surface area contributed by atoms with Gasteiger partial charge in [0.25, 0.3) is 5.91 Å². The number of amides is 3. The second-order valence-corrected chi connectivity index (χ2v) is 12.4. The fourth-order valence-electron chi connectivity index (χ4n) is 5.80. The largest absolute Gasteiger partial charge is 0.391 e. The van der Waals surface area contributed by atoms with Gasteiger partial charge in [-0.15, -0.1) is 11.3 Å². The standard InChI is InChI=1S/C29H37FN4O4S/c1-4-7-28(8-9-28)24(33-27(38)29(30)10-11-29)26(37)34-15-21(35)13-22(34)25(36)31-14-20-6-5-19(12-17(20)2)23-18(3)32-16-39-23/h5-6,12,16,21-22,24,35H,4,7-11,13-15H2,1-3H3,(H,31,36)(H,33,38). The summed E-state index contributed by atoms with van der Waals surface area (Å²) < 4.78 is 14.5. The summed E-state index contributed by atoms with van der Waals surface area (Å²) in [6.45, 7) is 6.27. The highest BCUT2D eigenvalue weighted by atomic mass is 32.1. The Balaban J connectivity index is 1.28. The number of aliphatic hydroxyl groups excluding tert-OH is 1. The minimum absolute atomic E-state index is 0.00812. The van der Waals surface area contributed by atoms with Crippen molar-refractivity contribution in [1.29, 1.82) is 0 Å². The molecule has 2 saturated carbocycles. The number of rotatable bonds is 10.